The molecule has 0 saturated carbocycles. The predicted octanol–water partition coefficient (Wildman–Crippen LogP) is 2.31. The molecule has 1 aliphatic rings. The minimum atomic E-state index is -0.480. The van der Waals surface area contributed by atoms with Gasteiger partial charge in [0.05, 0.1) is 29.3 Å². The van der Waals surface area contributed by atoms with Gasteiger partial charge in [0.25, 0.3) is 5.91 Å². The van der Waals surface area contributed by atoms with E-state index in [1.807, 2.05) is 23.6 Å². The Hall–Kier alpha value is -2.54. The SMILES string of the molecule is CC1C(=O)C(=O)N(c2ccc3nc[nH]c3c2)C1c1nccs1. The fourth-order valence-corrected chi connectivity index (χ4v) is 3.69. The Labute approximate surface area is 129 Å². The normalized spacial score (nSPS) is 22.0. The number of nitrogens with zero attached hydrogens (tertiary/aromatic N) is 3. The number of anilines is 1. The number of rotatable bonds is 2. The minimum absolute atomic E-state index is 0.347. The topological polar surface area (TPSA) is 79.0 Å². The zero-order valence-corrected chi connectivity index (χ0v) is 12.5. The molecule has 1 saturated heterocycles. The Bertz CT molecular complexity index is 871. The van der Waals surface area contributed by atoms with Gasteiger partial charge >= 0.3 is 0 Å². The first-order valence-corrected chi connectivity index (χ1v) is 7.74. The average molecular weight is 312 g/mol. The van der Waals surface area contributed by atoms with E-state index in [0.29, 0.717) is 5.69 Å². The van der Waals surface area contributed by atoms with Crippen molar-refractivity contribution in [2.24, 2.45) is 5.92 Å². The number of H-pyrrole nitrogens is 1. The van der Waals surface area contributed by atoms with Crippen molar-refractivity contribution in [1.29, 1.82) is 0 Å². The number of amides is 1. The van der Waals surface area contributed by atoms with E-state index in [-0.39, 0.29) is 11.8 Å². The second-order valence-electron chi connectivity index (χ2n) is 5.25. The van der Waals surface area contributed by atoms with Crippen LogP contribution in [0.2, 0.25) is 0 Å². The number of Topliss-reactive ketones (excluding diaryl/α,β-unsaturated/α-hetero) is 1. The van der Waals surface area contributed by atoms with Crippen LogP contribution in [-0.4, -0.2) is 26.6 Å². The van der Waals surface area contributed by atoms with Crippen LogP contribution in [0.1, 0.15) is 18.0 Å². The molecule has 2 unspecified atom stereocenters. The number of carbonyl (C=O) groups is 2. The molecule has 2 aromatic heterocycles. The van der Waals surface area contributed by atoms with Crippen LogP contribution < -0.4 is 4.90 Å². The van der Waals surface area contributed by atoms with Crippen molar-refractivity contribution in [2.75, 3.05) is 4.90 Å². The highest BCUT2D eigenvalue weighted by Gasteiger charge is 2.47. The molecule has 3 heterocycles. The molecule has 0 radical (unpaired) electrons. The summed E-state index contributed by atoms with van der Waals surface area (Å²) in [6, 6.07) is 5.14. The Morgan fingerprint density at radius 3 is 2.91 bits per heavy atom. The van der Waals surface area contributed by atoms with Crippen LogP contribution in [0.25, 0.3) is 11.0 Å². The number of imidazole rings is 1. The second-order valence-corrected chi connectivity index (χ2v) is 6.17. The molecule has 6 nitrogen and oxygen atoms in total. The highest BCUT2D eigenvalue weighted by atomic mass is 32.1. The molecular weight excluding hydrogens is 300 g/mol. The molecule has 0 aliphatic carbocycles. The molecule has 110 valence electrons. The third kappa shape index (κ3) is 1.79. The van der Waals surface area contributed by atoms with Crippen LogP contribution in [-0.2, 0) is 9.59 Å². The molecule has 1 amide bonds. The number of aromatic amines is 1. The zero-order valence-electron chi connectivity index (χ0n) is 11.7. The quantitative estimate of drug-likeness (QED) is 0.737. The standard InChI is InChI=1S/C15H12N4O2S/c1-8-12(14-16-4-5-22-14)19(15(21)13(8)20)9-2-3-10-11(6-9)18-7-17-10/h2-8,12H,1H3,(H,17,18). The van der Waals surface area contributed by atoms with Crippen LogP contribution in [0.3, 0.4) is 0 Å². The number of hydrogen-bond donors (Lipinski definition) is 1. The number of nitrogens with one attached hydrogen (secondary N) is 1. The van der Waals surface area contributed by atoms with E-state index in [0.717, 1.165) is 16.0 Å². The van der Waals surface area contributed by atoms with Gasteiger partial charge in [-0.2, -0.15) is 0 Å². The number of thiazole rings is 1. The third-order valence-corrected chi connectivity index (χ3v) is 4.83. The summed E-state index contributed by atoms with van der Waals surface area (Å²) >= 11 is 1.45. The minimum Gasteiger partial charge on any atom is -0.345 e. The Morgan fingerprint density at radius 2 is 2.14 bits per heavy atom. The van der Waals surface area contributed by atoms with E-state index in [9.17, 15) is 9.59 Å². The highest BCUT2D eigenvalue weighted by Crippen LogP contribution is 2.40. The molecule has 0 spiro atoms. The number of aromatic nitrogens is 3. The number of benzene rings is 1. The molecule has 7 heteroatoms. The summed E-state index contributed by atoms with van der Waals surface area (Å²) in [5.74, 6) is -1.26. The van der Waals surface area contributed by atoms with Crippen molar-refractivity contribution in [1.82, 2.24) is 15.0 Å². The van der Waals surface area contributed by atoms with E-state index in [2.05, 4.69) is 15.0 Å². The summed E-state index contributed by atoms with van der Waals surface area (Å²) < 4.78 is 0. The summed E-state index contributed by atoms with van der Waals surface area (Å²) in [4.78, 5) is 37.6. The van der Waals surface area contributed by atoms with Crippen molar-refractivity contribution in [3.63, 3.8) is 0 Å². The van der Waals surface area contributed by atoms with Gasteiger partial charge in [0, 0.05) is 17.3 Å². The fraction of sp³-hybridized carbons (Fsp3) is 0.200. The maximum absolute atomic E-state index is 12.4. The Morgan fingerprint density at radius 1 is 1.27 bits per heavy atom. The molecule has 1 aliphatic heterocycles. The van der Waals surface area contributed by atoms with Crippen molar-refractivity contribution in [2.45, 2.75) is 13.0 Å². The number of carbonyl (C=O) groups excluding carboxylic acids is 2. The van der Waals surface area contributed by atoms with Crippen LogP contribution in [0.4, 0.5) is 5.69 Å². The van der Waals surface area contributed by atoms with Gasteiger partial charge in [-0.05, 0) is 18.2 Å². The summed E-state index contributed by atoms with van der Waals surface area (Å²) in [7, 11) is 0. The first-order chi connectivity index (χ1) is 10.7. The van der Waals surface area contributed by atoms with Gasteiger partial charge in [-0.3, -0.25) is 14.5 Å². The lowest BCUT2D eigenvalue weighted by Crippen LogP contribution is -2.29. The van der Waals surface area contributed by atoms with Crippen molar-refractivity contribution < 1.29 is 9.59 Å². The van der Waals surface area contributed by atoms with Gasteiger partial charge in [0.15, 0.2) is 0 Å². The average Bonchev–Trinajstić information content (AvgIpc) is 3.23. The summed E-state index contributed by atoms with van der Waals surface area (Å²) in [5, 5.41) is 2.63. The van der Waals surface area contributed by atoms with Gasteiger partial charge in [-0.15, -0.1) is 11.3 Å². The van der Waals surface area contributed by atoms with E-state index >= 15 is 0 Å². The van der Waals surface area contributed by atoms with Crippen LogP contribution in [0.5, 0.6) is 0 Å². The number of ketones is 1. The molecule has 1 N–H and O–H groups in total. The molecule has 22 heavy (non-hydrogen) atoms. The molecular formula is C15H12N4O2S. The Balaban J connectivity index is 1.86. The number of fused-ring (bicyclic) bond motifs is 1. The lowest BCUT2D eigenvalue weighted by molar-refractivity contribution is -0.135. The number of hydrogen-bond acceptors (Lipinski definition) is 5. The second kappa shape index (κ2) is 4.74. The maximum atomic E-state index is 12.4. The van der Waals surface area contributed by atoms with E-state index in [1.165, 1.54) is 11.3 Å². The lowest BCUT2D eigenvalue weighted by atomic mass is 10.0. The smallest absolute Gasteiger partial charge is 0.295 e. The van der Waals surface area contributed by atoms with Crippen molar-refractivity contribution in [3.05, 3.63) is 41.1 Å². The molecule has 2 atom stereocenters. The van der Waals surface area contributed by atoms with Gasteiger partial charge in [-0.1, -0.05) is 6.92 Å². The zero-order chi connectivity index (χ0) is 15.3. The van der Waals surface area contributed by atoms with Crippen LogP contribution in [0.15, 0.2) is 36.1 Å². The van der Waals surface area contributed by atoms with Crippen molar-refractivity contribution in [3.8, 4) is 0 Å². The summed E-state index contributed by atoms with van der Waals surface area (Å²) in [6.07, 6.45) is 3.29. The monoisotopic (exact) mass is 312 g/mol. The maximum Gasteiger partial charge on any atom is 0.295 e. The van der Waals surface area contributed by atoms with Gasteiger partial charge in [0.2, 0.25) is 5.78 Å². The predicted molar refractivity (Wildman–Crippen MR) is 82.6 cm³/mol. The fourth-order valence-electron chi connectivity index (χ4n) is 2.86. The molecule has 0 bridgehead atoms. The van der Waals surface area contributed by atoms with Gasteiger partial charge in [-0.25, -0.2) is 9.97 Å². The highest BCUT2D eigenvalue weighted by molar-refractivity contribution is 7.09. The lowest BCUT2D eigenvalue weighted by Gasteiger charge is -2.24. The molecule has 4 rings (SSSR count). The third-order valence-electron chi connectivity index (χ3n) is 3.98. The van der Waals surface area contributed by atoms with E-state index < -0.39 is 11.8 Å². The summed E-state index contributed by atoms with van der Waals surface area (Å²) in [5.41, 5.74) is 2.33. The Kier molecular flexibility index (Phi) is 2.83. The first kappa shape index (κ1) is 13.1. The first-order valence-electron chi connectivity index (χ1n) is 6.87. The molecule has 3 aromatic rings. The van der Waals surface area contributed by atoms with Gasteiger partial charge in [0.1, 0.15) is 5.01 Å². The van der Waals surface area contributed by atoms with Crippen LogP contribution >= 0.6 is 11.3 Å². The largest absolute Gasteiger partial charge is 0.345 e. The van der Waals surface area contributed by atoms with Gasteiger partial charge < -0.3 is 4.98 Å². The van der Waals surface area contributed by atoms with E-state index in [4.69, 9.17) is 0 Å². The molecule has 1 aromatic carbocycles. The van der Waals surface area contributed by atoms with Crippen molar-refractivity contribution >= 4 is 39.7 Å². The molecule has 1 fully saturated rings. The van der Waals surface area contributed by atoms with E-state index in [1.54, 1.807) is 24.3 Å². The summed E-state index contributed by atoms with van der Waals surface area (Å²) in [6.45, 7) is 1.78. The van der Waals surface area contributed by atoms with Crippen LogP contribution in [0, 0.1) is 5.92 Å².